The summed E-state index contributed by atoms with van der Waals surface area (Å²) < 4.78 is 4.92. The quantitative estimate of drug-likeness (QED) is 0.895. The summed E-state index contributed by atoms with van der Waals surface area (Å²) in [6.45, 7) is 2.55. The first-order chi connectivity index (χ1) is 9.13. The number of para-hydroxylation sites is 1. The van der Waals surface area contributed by atoms with Crippen molar-refractivity contribution in [1.82, 2.24) is 4.90 Å². The van der Waals surface area contributed by atoms with E-state index in [0.717, 1.165) is 11.3 Å². The predicted octanol–water partition coefficient (Wildman–Crippen LogP) is 1.39. The van der Waals surface area contributed by atoms with Crippen LogP contribution in [0.3, 0.4) is 0 Å². The minimum atomic E-state index is -0.475. The van der Waals surface area contributed by atoms with Gasteiger partial charge in [-0.25, -0.2) is 0 Å². The minimum absolute atomic E-state index is 0.0683. The summed E-state index contributed by atoms with van der Waals surface area (Å²) in [7, 11) is 1.56. The van der Waals surface area contributed by atoms with Crippen molar-refractivity contribution in [1.29, 1.82) is 0 Å². The Morgan fingerprint density at radius 1 is 1.47 bits per heavy atom. The Hall–Kier alpha value is -1.88. The number of rotatable bonds is 3. The Balaban J connectivity index is 2.24. The van der Waals surface area contributed by atoms with E-state index in [0.29, 0.717) is 13.2 Å². The molecule has 0 saturated carbocycles. The van der Waals surface area contributed by atoms with E-state index in [1.165, 1.54) is 0 Å². The van der Waals surface area contributed by atoms with Gasteiger partial charge in [0.15, 0.2) is 0 Å². The monoisotopic (exact) mass is 262 g/mol. The summed E-state index contributed by atoms with van der Waals surface area (Å²) in [5.41, 5.74) is 1.73. The van der Waals surface area contributed by atoms with Gasteiger partial charge in [-0.1, -0.05) is 18.2 Å². The second-order valence-corrected chi connectivity index (χ2v) is 4.59. The fourth-order valence-electron chi connectivity index (χ4n) is 2.12. The van der Waals surface area contributed by atoms with Crippen LogP contribution >= 0.6 is 0 Å². The van der Waals surface area contributed by atoms with Crippen LogP contribution < -0.4 is 5.32 Å². The zero-order chi connectivity index (χ0) is 13.8. The molecule has 1 unspecified atom stereocenters. The van der Waals surface area contributed by atoms with Crippen molar-refractivity contribution in [2.75, 3.05) is 19.0 Å². The van der Waals surface area contributed by atoms with E-state index in [2.05, 4.69) is 5.32 Å². The van der Waals surface area contributed by atoms with Crippen LogP contribution in [0, 0.1) is 0 Å². The van der Waals surface area contributed by atoms with Gasteiger partial charge < -0.3 is 15.0 Å². The van der Waals surface area contributed by atoms with Gasteiger partial charge in [-0.2, -0.15) is 0 Å². The molecular formula is C14H18N2O3. The van der Waals surface area contributed by atoms with Crippen molar-refractivity contribution in [2.24, 2.45) is 0 Å². The Bertz CT molecular complexity index is 487. The highest BCUT2D eigenvalue weighted by Gasteiger charge is 2.29. The first-order valence-corrected chi connectivity index (χ1v) is 6.30. The number of carbonyl (C=O) groups is 2. The molecule has 1 N–H and O–H groups in total. The number of methoxy groups -OCH3 is 1. The van der Waals surface area contributed by atoms with E-state index in [4.69, 9.17) is 4.74 Å². The van der Waals surface area contributed by atoms with Crippen LogP contribution in [-0.2, 0) is 20.9 Å². The number of fused-ring (bicyclic) bond motifs is 1. The van der Waals surface area contributed by atoms with E-state index in [1.807, 2.05) is 24.3 Å². The molecular weight excluding hydrogens is 244 g/mol. The lowest BCUT2D eigenvalue weighted by atomic mass is 10.1. The van der Waals surface area contributed by atoms with Gasteiger partial charge >= 0.3 is 0 Å². The van der Waals surface area contributed by atoms with Gasteiger partial charge in [-0.05, 0) is 18.6 Å². The van der Waals surface area contributed by atoms with Crippen LogP contribution in [0.5, 0.6) is 0 Å². The number of amides is 2. The van der Waals surface area contributed by atoms with E-state index < -0.39 is 6.04 Å². The molecule has 5 heteroatoms. The van der Waals surface area contributed by atoms with Crippen molar-refractivity contribution >= 4 is 17.5 Å². The van der Waals surface area contributed by atoms with Crippen molar-refractivity contribution < 1.29 is 14.3 Å². The summed E-state index contributed by atoms with van der Waals surface area (Å²) in [4.78, 5) is 25.8. The molecule has 1 atom stereocenters. The summed E-state index contributed by atoms with van der Waals surface area (Å²) in [6.07, 6.45) is 0.288. The average Bonchev–Trinajstić information content (AvgIpc) is 2.54. The molecule has 0 aliphatic carbocycles. The minimum Gasteiger partial charge on any atom is -0.384 e. The lowest BCUT2D eigenvalue weighted by Gasteiger charge is -2.25. The van der Waals surface area contributed by atoms with Crippen LogP contribution in [0.4, 0.5) is 5.69 Å². The molecule has 5 nitrogen and oxygen atoms in total. The molecule has 19 heavy (non-hydrogen) atoms. The number of nitrogens with zero attached hydrogens (tertiary/aromatic N) is 1. The molecule has 0 aromatic heterocycles. The van der Waals surface area contributed by atoms with E-state index in [-0.39, 0.29) is 18.2 Å². The maximum Gasteiger partial charge on any atom is 0.246 e. The molecule has 0 saturated heterocycles. The lowest BCUT2D eigenvalue weighted by molar-refractivity contribution is -0.139. The number of carbonyl (C=O) groups excluding carboxylic acids is 2. The molecule has 0 radical (unpaired) electrons. The molecule has 1 aromatic carbocycles. The smallest absolute Gasteiger partial charge is 0.246 e. The van der Waals surface area contributed by atoms with E-state index in [1.54, 1.807) is 18.9 Å². The number of hydrogen-bond donors (Lipinski definition) is 1. The van der Waals surface area contributed by atoms with Gasteiger partial charge in [0.2, 0.25) is 11.8 Å². The fourth-order valence-corrected chi connectivity index (χ4v) is 2.12. The number of ether oxygens (including phenoxy) is 1. The Labute approximate surface area is 112 Å². The predicted molar refractivity (Wildman–Crippen MR) is 71.6 cm³/mol. The normalized spacial score (nSPS) is 18.5. The molecule has 2 amide bonds. The second-order valence-electron chi connectivity index (χ2n) is 4.59. The number of anilines is 1. The van der Waals surface area contributed by atoms with Crippen molar-refractivity contribution in [2.45, 2.75) is 25.9 Å². The van der Waals surface area contributed by atoms with Gasteiger partial charge in [-0.15, -0.1) is 0 Å². The molecule has 1 aliphatic heterocycles. The standard InChI is InChI=1S/C14H18N2O3/c1-10-14(18)15-12-6-4-3-5-11(12)9-16(10)13(17)7-8-19-2/h3-6,10H,7-9H2,1-2H3,(H,15,18). The van der Waals surface area contributed by atoms with Gasteiger partial charge in [0, 0.05) is 19.3 Å². The zero-order valence-electron chi connectivity index (χ0n) is 11.2. The van der Waals surface area contributed by atoms with Gasteiger partial charge in [0.1, 0.15) is 6.04 Å². The number of nitrogens with one attached hydrogen (secondary N) is 1. The fraction of sp³-hybridized carbons (Fsp3) is 0.429. The maximum absolute atomic E-state index is 12.1. The lowest BCUT2D eigenvalue weighted by Crippen LogP contribution is -2.43. The van der Waals surface area contributed by atoms with Crippen LogP contribution in [0.25, 0.3) is 0 Å². The van der Waals surface area contributed by atoms with Gasteiger partial charge in [0.25, 0.3) is 0 Å². The van der Waals surface area contributed by atoms with Crippen molar-refractivity contribution in [3.05, 3.63) is 29.8 Å². The first kappa shape index (κ1) is 13.5. The highest BCUT2D eigenvalue weighted by molar-refractivity contribution is 5.98. The molecule has 2 rings (SSSR count). The molecule has 1 aromatic rings. The highest BCUT2D eigenvalue weighted by atomic mass is 16.5. The van der Waals surface area contributed by atoms with E-state index >= 15 is 0 Å². The summed E-state index contributed by atoms with van der Waals surface area (Å²) in [6, 6.07) is 7.06. The second kappa shape index (κ2) is 5.84. The SMILES string of the molecule is COCCC(=O)N1Cc2ccccc2NC(=O)C1C. The average molecular weight is 262 g/mol. The topological polar surface area (TPSA) is 58.6 Å². The first-order valence-electron chi connectivity index (χ1n) is 6.30. The Morgan fingerprint density at radius 2 is 2.21 bits per heavy atom. The van der Waals surface area contributed by atoms with Crippen LogP contribution in [0.1, 0.15) is 18.9 Å². The Kier molecular flexibility index (Phi) is 4.16. The number of benzene rings is 1. The zero-order valence-corrected chi connectivity index (χ0v) is 11.2. The highest BCUT2D eigenvalue weighted by Crippen LogP contribution is 2.23. The summed E-state index contributed by atoms with van der Waals surface area (Å²) in [5.74, 6) is -0.225. The van der Waals surface area contributed by atoms with Gasteiger partial charge in [0.05, 0.1) is 13.0 Å². The van der Waals surface area contributed by atoms with Crippen LogP contribution in [-0.4, -0.2) is 36.5 Å². The summed E-state index contributed by atoms with van der Waals surface area (Å²) in [5, 5.41) is 2.85. The van der Waals surface area contributed by atoms with Crippen LogP contribution in [0.15, 0.2) is 24.3 Å². The molecule has 0 spiro atoms. The molecule has 1 aliphatic rings. The van der Waals surface area contributed by atoms with Crippen molar-refractivity contribution in [3.8, 4) is 0 Å². The number of hydrogen-bond acceptors (Lipinski definition) is 3. The maximum atomic E-state index is 12.1. The van der Waals surface area contributed by atoms with E-state index in [9.17, 15) is 9.59 Å². The van der Waals surface area contributed by atoms with Gasteiger partial charge in [-0.3, -0.25) is 9.59 Å². The van der Waals surface area contributed by atoms with Crippen molar-refractivity contribution in [3.63, 3.8) is 0 Å². The molecule has 102 valence electrons. The summed E-state index contributed by atoms with van der Waals surface area (Å²) >= 11 is 0. The Morgan fingerprint density at radius 3 is 2.95 bits per heavy atom. The molecule has 0 fully saturated rings. The third-order valence-electron chi connectivity index (χ3n) is 3.30. The third kappa shape index (κ3) is 2.93. The molecule has 1 heterocycles. The molecule has 0 bridgehead atoms. The van der Waals surface area contributed by atoms with Crippen LogP contribution in [0.2, 0.25) is 0 Å². The third-order valence-corrected chi connectivity index (χ3v) is 3.30. The largest absolute Gasteiger partial charge is 0.384 e.